The van der Waals surface area contributed by atoms with Gasteiger partial charge in [0.1, 0.15) is 0 Å². The van der Waals surface area contributed by atoms with Crippen LogP contribution in [0, 0.1) is 10.1 Å². The van der Waals surface area contributed by atoms with E-state index < -0.39 is 10.8 Å². The fraction of sp³-hybridized carbons (Fsp3) is 0.0667. The average Bonchev–Trinajstić information content (AvgIpc) is 2.46. The van der Waals surface area contributed by atoms with E-state index in [1.54, 1.807) is 30.3 Å². The Bertz CT molecular complexity index is 783. The van der Waals surface area contributed by atoms with Gasteiger partial charge in [0, 0.05) is 12.1 Å². The van der Waals surface area contributed by atoms with Crippen molar-refractivity contribution in [3.63, 3.8) is 0 Å². The summed E-state index contributed by atoms with van der Waals surface area (Å²) >= 11 is 0. The number of carbonyl (C=O) groups is 2. The Hall–Kier alpha value is -3.02. The number of hydrogen-bond donors (Lipinski definition) is 1. The Morgan fingerprint density at radius 3 is 2.62 bits per heavy atom. The first-order valence-corrected chi connectivity index (χ1v) is 6.27. The third-order valence-corrected chi connectivity index (χ3v) is 3.35. The molecule has 0 fully saturated rings. The fourth-order valence-electron chi connectivity index (χ4n) is 2.45. The molecule has 0 saturated carbocycles. The molecule has 1 aliphatic heterocycles. The number of carbonyl (C=O) groups excluding carboxylic acids is 2. The largest absolute Gasteiger partial charge is 0.292 e. The van der Waals surface area contributed by atoms with Crippen LogP contribution in [0.1, 0.15) is 15.9 Å². The van der Waals surface area contributed by atoms with Gasteiger partial charge in [-0.25, -0.2) is 0 Å². The maximum atomic E-state index is 12.0. The zero-order valence-corrected chi connectivity index (χ0v) is 10.8. The predicted octanol–water partition coefficient (Wildman–Crippen LogP) is 2.07. The summed E-state index contributed by atoms with van der Waals surface area (Å²) in [6.07, 6.45) is 0.129. The van der Waals surface area contributed by atoms with Gasteiger partial charge in [0.05, 0.1) is 16.9 Å². The zero-order valence-electron chi connectivity index (χ0n) is 10.8. The first-order chi connectivity index (χ1) is 10.1. The van der Waals surface area contributed by atoms with E-state index >= 15 is 0 Å². The lowest BCUT2D eigenvalue weighted by Crippen LogP contribution is -2.37. The van der Waals surface area contributed by atoms with Crippen molar-refractivity contribution in [3.8, 4) is 11.1 Å². The van der Waals surface area contributed by atoms with Gasteiger partial charge in [0.2, 0.25) is 5.91 Å². The standard InChI is InChI=1S/C15H10N2O4/c18-13-8-10-4-2-6-12(14(10)15(19)16-13)9-3-1-5-11(7-9)17(20)21/h1-7H,8H2,(H,16,18,19). The molecule has 0 radical (unpaired) electrons. The number of fused-ring (bicyclic) bond motifs is 1. The summed E-state index contributed by atoms with van der Waals surface area (Å²) in [5.41, 5.74) is 2.15. The maximum Gasteiger partial charge on any atom is 0.270 e. The molecule has 0 bridgehead atoms. The molecule has 0 aromatic heterocycles. The van der Waals surface area contributed by atoms with Crippen molar-refractivity contribution in [2.45, 2.75) is 6.42 Å². The van der Waals surface area contributed by atoms with Crippen LogP contribution in [0.15, 0.2) is 42.5 Å². The van der Waals surface area contributed by atoms with Crippen LogP contribution in [-0.2, 0) is 11.2 Å². The van der Waals surface area contributed by atoms with Crippen molar-refractivity contribution in [3.05, 3.63) is 63.7 Å². The Morgan fingerprint density at radius 2 is 1.86 bits per heavy atom. The highest BCUT2D eigenvalue weighted by Crippen LogP contribution is 2.30. The van der Waals surface area contributed by atoms with Gasteiger partial charge in [-0.05, 0) is 16.7 Å². The van der Waals surface area contributed by atoms with E-state index in [2.05, 4.69) is 5.32 Å². The number of rotatable bonds is 2. The highest BCUT2D eigenvalue weighted by atomic mass is 16.6. The smallest absolute Gasteiger partial charge is 0.270 e. The molecule has 21 heavy (non-hydrogen) atoms. The molecule has 1 N–H and O–H groups in total. The van der Waals surface area contributed by atoms with Crippen molar-refractivity contribution in [1.29, 1.82) is 0 Å². The van der Waals surface area contributed by atoms with Gasteiger partial charge in [0.25, 0.3) is 11.6 Å². The van der Waals surface area contributed by atoms with Gasteiger partial charge in [-0.15, -0.1) is 0 Å². The van der Waals surface area contributed by atoms with Gasteiger partial charge in [-0.3, -0.25) is 25.0 Å². The lowest BCUT2D eigenvalue weighted by molar-refractivity contribution is -0.384. The molecule has 0 saturated heterocycles. The summed E-state index contributed by atoms with van der Waals surface area (Å²) in [7, 11) is 0. The number of amides is 2. The monoisotopic (exact) mass is 282 g/mol. The summed E-state index contributed by atoms with van der Waals surface area (Å²) < 4.78 is 0. The minimum atomic E-state index is -0.484. The summed E-state index contributed by atoms with van der Waals surface area (Å²) in [6.45, 7) is 0. The summed E-state index contributed by atoms with van der Waals surface area (Å²) in [5, 5.41) is 13.1. The van der Waals surface area contributed by atoms with E-state index in [9.17, 15) is 19.7 Å². The number of benzene rings is 2. The Balaban J connectivity index is 2.18. The molecule has 0 spiro atoms. The van der Waals surface area contributed by atoms with Crippen LogP contribution in [0.25, 0.3) is 11.1 Å². The highest BCUT2D eigenvalue weighted by molar-refractivity contribution is 6.13. The second-order valence-corrected chi connectivity index (χ2v) is 4.70. The van der Waals surface area contributed by atoms with Gasteiger partial charge in [-0.1, -0.05) is 30.3 Å². The molecule has 2 aromatic carbocycles. The Labute approximate surface area is 119 Å². The summed E-state index contributed by atoms with van der Waals surface area (Å²) in [6, 6.07) is 11.2. The molecule has 3 rings (SSSR count). The fourth-order valence-corrected chi connectivity index (χ4v) is 2.45. The third kappa shape index (κ3) is 2.27. The molecule has 6 heteroatoms. The molecular weight excluding hydrogens is 272 g/mol. The normalized spacial score (nSPS) is 13.5. The lowest BCUT2D eigenvalue weighted by atomic mass is 9.91. The number of imide groups is 1. The predicted molar refractivity (Wildman–Crippen MR) is 74.7 cm³/mol. The van der Waals surface area contributed by atoms with Crippen LogP contribution in [-0.4, -0.2) is 16.7 Å². The highest BCUT2D eigenvalue weighted by Gasteiger charge is 2.25. The van der Waals surface area contributed by atoms with Crippen molar-refractivity contribution in [2.24, 2.45) is 0 Å². The van der Waals surface area contributed by atoms with Gasteiger partial charge in [0.15, 0.2) is 0 Å². The van der Waals surface area contributed by atoms with E-state index in [-0.39, 0.29) is 18.0 Å². The number of hydrogen-bond acceptors (Lipinski definition) is 4. The third-order valence-electron chi connectivity index (χ3n) is 3.35. The molecule has 1 heterocycles. The molecule has 1 aliphatic rings. The van der Waals surface area contributed by atoms with E-state index in [0.29, 0.717) is 22.3 Å². The number of nitro benzene ring substituents is 1. The first-order valence-electron chi connectivity index (χ1n) is 6.27. The minimum absolute atomic E-state index is 0.0441. The number of nitrogens with one attached hydrogen (secondary N) is 1. The van der Waals surface area contributed by atoms with E-state index in [1.807, 2.05) is 0 Å². The van der Waals surface area contributed by atoms with Crippen LogP contribution >= 0.6 is 0 Å². The van der Waals surface area contributed by atoms with E-state index in [4.69, 9.17) is 0 Å². The van der Waals surface area contributed by atoms with Crippen molar-refractivity contribution in [1.82, 2.24) is 5.32 Å². The second kappa shape index (κ2) is 4.82. The van der Waals surface area contributed by atoms with Gasteiger partial charge >= 0.3 is 0 Å². The second-order valence-electron chi connectivity index (χ2n) is 4.70. The average molecular weight is 282 g/mol. The maximum absolute atomic E-state index is 12.0. The van der Waals surface area contributed by atoms with Crippen molar-refractivity contribution < 1.29 is 14.5 Å². The van der Waals surface area contributed by atoms with Crippen molar-refractivity contribution >= 4 is 17.5 Å². The summed E-state index contributed by atoms with van der Waals surface area (Å²) in [5.74, 6) is -0.813. The van der Waals surface area contributed by atoms with Gasteiger partial charge < -0.3 is 0 Å². The molecule has 2 aromatic rings. The topological polar surface area (TPSA) is 89.3 Å². The zero-order chi connectivity index (χ0) is 15.0. The molecular formula is C15H10N2O4. The van der Waals surface area contributed by atoms with E-state index in [0.717, 1.165) is 0 Å². The molecule has 0 unspecified atom stereocenters. The molecule has 6 nitrogen and oxygen atoms in total. The van der Waals surface area contributed by atoms with Crippen LogP contribution in [0.4, 0.5) is 5.69 Å². The van der Waals surface area contributed by atoms with Crippen molar-refractivity contribution in [2.75, 3.05) is 0 Å². The molecule has 0 atom stereocenters. The van der Waals surface area contributed by atoms with Crippen LogP contribution in [0.2, 0.25) is 0 Å². The van der Waals surface area contributed by atoms with Crippen LogP contribution in [0.3, 0.4) is 0 Å². The molecule has 2 amide bonds. The lowest BCUT2D eigenvalue weighted by Gasteiger charge is -2.18. The van der Waals surface area contributed by atoms with E-state index in [1.165, 1.54) is 12.1 Å². The number of nitro groups is 1. The minimum Gasteiger partial charge on any atom is -0.292 e. The van der Waals surface area contributed by atoms with Gasteiger partial charge in [-0.2, -0.15) is 0 Å². The Morgan fingerprint density at radius 1 is 1.10 bits per heavy atom. The molecule has 104 valence electrons. The van der Waals surface area contributed by atoms with Crippen LogP contribution < -0.4 is 5.32 Å². The van der Waals surface area contributed by atoms with Crippen LogP contribution in [0.5, 0.6) is 0 Å². The SMILES string of the molecule is O=C1Cc2cccc(-c3cccc([N+](=O)[O-])c3)c2C(=O)N1. The summed E-state index contributed by atoms with van der Waals surface area (Å²) in [4.78, 5) is 33.8. The number of non-ortho nitro benzene ring substituents is 1. The molecule has 0 aliphatic carbocycles. The Kier molecular flexibility index (Phi) is 2.98. The quantitative estimate of drug-likeness (QED) is 0.518. The first kappa shape index (κ1) is 13.0. The number of nitrogens with zero attached hydrogens (tertiary/aromatic N) is 1.